The van der Waals surface area contributed by atoms with Crippen LogP contribution in [0.5, 0.6) is 0 Å². The molecule has 2 rings (SSSR count). The maximum absolute atomic E-state index is 9.26. The highest BCUT2D eigenvalue weighted by molar-refractivity contribution is 5.42. The standard InChI is InChI=1S/C13H20N2O/c1-10(16)8-9-15(2)13-7-6-11-4-3-5-12(11)14-13/h6-7,10,16H,3-5,8-9H2,1-2H3. The number of rotatable bonds is 4. The van der Waals surface area contributed by atoms with E-state index in [1.807, 2.05) is 14.0 Å². The van der Waals surface area contributed by atoms with Crippen molar-refractivity contribution in [3.05, 3.63) is 23.4 Å². The van der Waals surface area contributed by atoms with E-state index in [4.69, 9.17) is 0 Å². The molecule has 0 spiro atoms. The topological polar surface area (TPSA) is 36.4 Å². The van der Waals surface area contributed by atoms with Gasteiger partial charge < -0.3 is 10.0 Å². The van der Waals surface area contributed by atoms with E-state index in [9.17, 15) is 5.11 Å². The lowest BCUT2D eigenvalue weighted by Gasteiger charge is -2.19. The van der Waals surface area contributed by atoms with Crippen LogP contribution in [-0.4, -0.2) is 29.8 Å². The van der Waals surface area contributed by atoms with E-state index in [0.29, 0.717) is 0 Å². The van der Waals surface area contributed by atoms with Crippen molar-refractivity contribution in [1.29, 1.82) is 0 Å². The molecule has 1 aliphatic carbocycles. The van der Waals surface area contributed by atoms with Crippen LogP contribution >= 0.6 is 0 Å². The monoisotopic (exact) mass is 220 g/mol. The Kier molecular flexibility index (Phi) is 3.44. The minimum absolute atomic E-state index is 0.239. The zero-order valence-electron chi connectivity index (χ0n) is 10.1. The minimum Gasteiger partial charge on any atom is -0.393 e. The third-order valence-corrected chi connectivity index (χ3v) is 3.19. The average molecular weight is 220 g/mol. The van der Waals surface area contributed by atoms with Gasteiger partial charge in [-0.3, -0.25) is 0 Å². The van der Waals surface area contributed by atoms with Crippen molar-refractivity contribution in [2.45, 2.75) is 38.7 Å². The molecule has 1 atom stereocenters. The van der Waals surface area contributed by atoms with Crippen molar-refractivity contribution in [3.63, 3.8) is 0 Å². The van der Waals surface area contributed by atoms with Crippen molar-refractivity contribution in [1.82, 2.24) is 4.98 Å². The Morgan fingerprint density at radius 3 is 3.00 bits per heavy atom. The van der Waals surface area contributed by atoms with Gasteiger partial charge in [-0.15, -0.1) is 0 Å². The van der Waals surface area contributed by atoms with Gasteiger partial charge in [0.1, 0.15) is 5.82 Å². The molecule has 3 nitrogen and oxygen atoms in total. The molecule has 1 aromatic heterocycles. The molecular weight excluding hydrogens is 200 g/mol. The van der Waals surface area contributed by atoms with Gasteiger partial charge in [-0.05, 0) is 44.2 Å². The first-order valence-electron chi connectivity index (χ1n) is 6.05. The van der Waals surface area contributed by atoms with Crippen LogP contribution in [0.3, 0.4) is 0 Å². The Bertz CT molecular complexity index is 363. The van der Waals surface area contributed by atoms with Crippen molar-refractivity contribution < 1.29 is 5.11 Å². The molecule has 1 N–H and O–H groups in total. The number of hydrogen-bond donors (Lipinski definition) is 1. The van der Waals surface area contributed by atoms with Gasteiger partial charge >= 0.3 is 0 Å². The Morgan fingerprint density at radius 1 is 1.44 bits per heavy atom. The van der Waals surface area contributed by atoms with Crippen LogP contribution in [0, 0.1) is 0 Å². The van der Waals surface area contributed by atoms with Crippen LogP contribution in [0.2, 0.25) is 0 Å². The smallest absolute Gasteiger partial charge is 0.128 e. The molecule has 1 heterocycles. The second-order valence-electron chi connectivity index (χ2n) is 4.69. The highest BCUT2D eigenvalue weighted by Crippen LogP contribution is 2.22. The molecular formula is C13H20N2O. The van der Waals surface area contributed by atoms with Crippen LogP contribution in [0.25, 0.3) is 0 Å². The van der Waals surface area contributed by atoms with Crippen LogP contribution in [0.15, 0.2) is 12.1 Å². The molecule has 0 bridgehead atoms. The summed E-state index contributed by atoms with van der Waals surface area (Å²) in [4.78, 5) is 6.79. The van der Waals surface area contributed by atoms with E-state index < -0.39 is 0 Å². The van der Waals surface area contributed by atoms with Gasteiger partial charge in [0, 0.05) is 19.3 Å². The second kappa shape index (κ2) is 4.83. The molecule has 0 fully saturated rings. The molecule has 0 aromatic carbocycles. The molecule has 1 unspecified atom stereocenters. The van der Waals surface area contributed by atoms with Crippen LogP contribution in [-0.2, 0) is 12.8 Å². The van der Waals surface area contributed by atoms with Gasteiger partial charge in [0.25, 0.3) is 0 Å². The van der Waals surface area contributed by atoms with E-state index in [1.54, 1.807) is 0 Å². The summed E-state index contributed by atoms with van der Waals surface area (Å²) < 4.78 is 0. The third kappa shape index (κ3) is 2.53. The zero-order valence-corrected chi connectivity index (χ0v) is 10.1. The van der Waals surface area contributed by atoms with Crippen molar-refractivity contribution in [3.8, 4) is 0 Å². The number of aliphatic hydroxyl groups is 1. The fourth-order valence-electron chi connectivity index (χ4n) is 2.12. The lowest BCUT2D eigenvalue weighted by molar-refractivity contribution is 0.187. The summed E-state index contributed by atoms with van der Waals surface area (Å²) in [6.45, 7) is 2.67. The Morgan fingerprint density at radius 2 is 2.25 bits per heavy atom. The molecule has 0 saturated heterocycles. The zero-order chi connectivity index (χ0) is 11.5. The normalized spacial score (nSPS) is 15.9. The predicted molar refractivity (Wildman–Crippen MR) is 65.8 cm³/mol. The molecule has 3 heteroatoms. The highest BCUT2D eigenvalue weighted by Gasteiger charge is 2.13. The van der Waals surface area contributed by atoms with Crippen molar-refractivity contribution in [2.75, 3.05) is 18.5 Å². The first kappa shape index (κ1) is 11.4. The molecule has 0 radical (unpaired) electrons. The quantitative estimate of drug-likeness (QED) is 0.840. The number of fused-ring (bicyclic) bond motifs is 1. The van der Waals surface area contributed by atoms with E-state index in [0.717, 1.165) is 25.2 Å². The number of nitrogens with zero attached hydrogens (tertiary/aromatic N) is 2. The van der Waals surface area contributed by atoms with E-state index in [2.05, 4.69) is 22.0 Å². The lowest BCUT2D eigenvalue weighted by atomic mass is 10.2. The Labute approximate surface area is 97.1 Å². The average Bonchev–Trinajstić information content (AvgIpc) is 2.72. The summed E-state index contributed by atoms with van der Waals surface area (Å²) in [7, 11) is 2.03. The summed E-state index contributed by atoms with van der Waals surface area (Å²) in [5.41, 5.74) is 2.68. The van der Waals surface area contributed by atoms with Gasteiger partial charge in [-0.25, -0.2) is 4.98 Å². The van der Waals surface area contributed by atoms with Gasteiger partial charge in [0.05, 0.1) is 6.10 Å². The van der Waals surface area contributed by atoms with Crippen LogP contribution in [0.1, 0.15) is 31.0 Å². The SMILES string of the molecule is CC(O)CCN(C)c1ccc2c(n1)CCC2. The number of pyridine rings is 1. The van der Waals surface area contributed by atoms with Gasteiger partial charge in [-0.1, -0.05) is 6.07 Å². The Hall–Kier alpha value is -1.09. The number of aromatic nitrogens is 1. The number of anilines is 1. The summed E-state index contributed by atoms with van der Waals surface area (Å²) in [5, 5.41) is 9.26. The second-order valence-corrected chi connectivity index (χ2v) is 4.69. The number of aliphatic hydroxyl groups excluding tert-OH is 1. The van der Waals surface area contributed by atoms with Gasteiger partial charge in [-0.2, -0.15) is 0 Å². The van der Waals surface area contributed by atoms with E-state index >= 15 is 0 Å². The summed E-state index contributed by atoms with van der Waals surface area (Å²) in [6, 6.07) is 4.29. The van der Waals surface area contributed by atoms with Crippen molar-refractivity contribution in [2.24, 2.45) is 0 Å². The van der Waals surface area contributed by atoms with E-state index in [-0.39, 0.29) is 6.10 Å². The molecule has 88 valence electrons. The molecule has 0 aliphatic heterocycles. The minimum atomic E-state index is -0.239. The number of hydrogen-bond acceptors (Lipinski definition) is 3. The predicted octanol–water partition coefficient (Wildman–Crippen LogP) is 1.78. The molecule has 0 amide bonds. The van der Waals surface area contributed by atoms with Crippen molar-refractivity contribution >= 4 is 5.82 Å². The first-order valence-corrected chi connectivity index (χ1v) is 6.05. The highest BCUT2D eigenvalue weighted by atomic mass is 16.3. The summed E-state index contributed by atoms with van der Waals surface area (Å²) in [6.07, 6.45) is 4.09. The van der Waals surface area contributed by atoms with Gasteiger partial charge in [0.15, 0.2) is 0 Å². The molecule has 16 heavy (non-hydrogen) atoms. The first-order chi connectivity index (χ1) is 7.66. The molecule has 1 aromatic rings. The fraction of sp³-hybridized carbons (Fsp3) is 0.615. The van der Waals surface area contributed by atoms with Gasteiger partial charge in [0.2, 0.25) is 0 Å². The third-order valence-electron chi connectivity index (χ3n) is 3.19. The van der Waals surface area contributed by atoms with Crippen LogP contribution in [0.4, 0.5) is 5.82 Å². The lowest BCUT2D eigenvalue weighted by Crippen LogP contribution is -2.23. The largest absolute Gasteiger partial charge is 0.393 e. The summed E-state index contributed by atoms with van der Waals surface area (Å²) in [5.74, 6) is 1.03. The Balaban J connectivity index is 2.03. The van der Waals surface area contributed by atoms with Crippen LogP contribution < -0.4 is 4.90 Å². The fourth-order valence-corrected chi connectivity index (χ4v) is 2.12. The maximum atomic E-state index is 9.26. The summed E-state index contributed by atoms with van der Waals surface area (Å²) >= 11 is 0. The molecule has 1 aliphatic rings. The maximum Gasteiger partial charge on any atom is 0.128 e. The molecule has 0 saturated carbocycles. The number of aryl methyl sites for hydroxylation is 2. The van der Waals surface area contributed by atoms with E-state index in [1.165, 1.54) is 24.1 Å².